The summed E-state index contributed by atoms with van der Waals surface area (Å²) in [4.78, 5) is 20.8. The molecule has 0 saturated heterocycles. The van der Waals surface area contributed by atoms with Crippen molar-refractivity contribution in [1.82, 2.24) is 5.32 Å². The van der Waals surface area contributed by atoms with E-state index in [2.05, 4.69) is 21.2 Å². The van der Waals surface area contributed by atoms with E-state index in [1.165, 1.54) is 6.07 Å². The SMILES string of the molecule is CC(C)(C)OC(=O)NCC(=O)O.Cc1ccc(Br)c(F)c1. The Balaban J connectivity index is 0.000000394. The Hall–Kier alpha value is -1.63. The Morgan fingerprint density at radius 1 is 1.38 bits per heavy atom. The fourth-order valence-corrected chi connectivity index (χ4v) is 1.31. The van der Waals surface area contributed by atoms with Crippen LogP contribution < -0.4 is 5.32 Å². The number of nitrogens with one attached hydrogen (secondary N) is 1. The highest BCUT2D eigenvalue weighted by Crippen LogP contribution is 2.15. The van der Waals surface area contributed by atoms with Crippen LogP contribution in [0.4, 0.5) is 9.18 Å². The first-order chi connectivity index (χ1) is 9.51. The second-order valence-corrected chi connectivity index (χ2v) is 6.02. The Morgan fingerprint density at radius 2 is 1.95 bits per heavy atom. The van der Waals surface area contributed by atoms with Gasteiger partial charge in [0.2, 0.25) is 0 Å². The van der Waals surface area contributed by atoms with Gasteiger partial charge in [0.05, 0.1) is 4.47 Å². The van der Waals surface area contributed by atoms with Gasteiger partial charge in [0.25, 0.3) is 0 Å². The minimum atomic E-state index is -1.10. The summed E-state index contributed by atoms with van der Waals surface area (Å²) >= 11 is 3.05. The van der Waals surface area contributed by atoms with Crippen molar-refractivity contribution < 1.29 is 23.8 Å². The molecule has 1 amide bonds. The number of carboxylic acid groups (broad SMARTS) is 1. The smallest absolute Gasteiger partial charge is 0.408 e. The number of ether oxygens (including phenoxy) is 1. The van der Waals surface area contributed by atoms with Crippen LogP contribution >= 0.6 is 15.9 Å². The number of hydrogen-bond acceptors (Lipinski definition) is 3. The molecule has 1 rings (SSSR count). The number of carbonyl (C=O) groups is 2. The van der Waals surface area contributed by atoms with Crippen LogP contribution in [-0.2, 0) is 9.53 Å². The number of halogens is 2. The van der Waals surface area contributed by atoms with Crippen LogP contribution in [0.15, 0.2) is 22.7 Å². The highest BCUT2D eigenvalue weighted by molar-refractivity contribution is 9.10. The molecule has 0 radical (unpaired) electrons. The number of hydrogen-bond donors (Lipinski definition) is 2. The van der Waals surface area contributed by atoms with Gasteiger partial charge in [-0.25, -0.2) is 9.18 Å². The molecule has 1 aromatic carbocycles. The van der Waals surface area contributed by atoms with E-state index in [0.717, 1.165) is 5.56 Å². The van der Waals surface area contributed by atoms with Crippen LogP contribution in [-0.4, -0.2) is 29.3 Å². The fraction of sp³-hybridized carbons (Fsp3) is 0.429. The molecule has 0 aliphatic rings. The lowest BCUT2D eigenvalue weighted by Gasteiger charge is -2.19. The van der Waals surface area contributed by atoms with Gasteiger partial charge in [0, 0.05) is 0 Å². The minimum Gasteiger partial charge on any atom is -0.480 e. The Morgan fingerprint density at radius 3 is 2.33 bits per heavy atom. The Labute approximate surface area is 131 Å². The number of alkyl carbamates (subject to hydrolysis) is 1. The second kappa shape index (κ2) is 8.61. The van der Waals surface area contributed by atoms with Crippen molar-refractivity contribution >= 4 is 28.0 Å². The van der Waals surface area contributed by atoms with Crippen LogP contribution in [0.25, 0.3) is 0 Å². The first-order valence-electron chi connectivity index (χ1n) is 6.11. The summed E-state index contributed by atoms with van der Waals surface area (Å²) in [7, 11) is 0. The highest BCUT2D eigenvalue weighted by atomic mass is 79.9. The summed E-state index contributed by atoms with van der Waals surface area (Å²) in [6, 6.07) is 5.04. The topological polar surface area (TPSA) is 75.6 Å². The number of benzene rings is 1. The quantitative estimate of drug-likeness (QED) is 0.842. The zero-order valence-electron chi connectivity index (χ0n) is 12.4. The van der Waals surface area contributed by atoms with E-state index < -0.39 is 24.2 Å². The predicted molar refractivity (Wildman–Crippen MR) is 80.7 cm³/mol. The zero-order chi connectivity index (χ0) is 16.6. The van der Waals surface area contributed by atoms with Gasteiger partial charge in [0.1, 0.15) is 18.0 Å². The molecule has 0 fully saturated rings. The number of carbonyl (C=O) groups excluding carboxylic acids is 1. The maximum absolute atomic E-state index is 12.5. The van der Waals surface area contributed by atoms with Gasteiger partial charge < -0.3 is 15.2 Å². The van der Waals surface area contributed by atoms with Crippen molar-refractivity contribution in [3.8, 4) is 0 Å². The van der Waals surface area contributed by atoms with Crippen molar-refractivity contribution in [1.29, 1.82) is 0 Å². The number of rotatable bonds is 2. The molecule has 2 N–H and O–H groups in total. The summed E-state index contributed by atoms with van der Waals surface area (Å²) in [5, 5.41) is 10.3. The van der Waals surface area contributed by atoms with Gasteiger partial charge in [-0.1, -0.05) is 6.07 Å². The van der Waals surface area contributed by atoms with Gasteiger partial charge in [-0.15, -0.1) is 0 Å². The maximum atomic E-state index is 12.5. The van der Waals surface area contributed by atoms with E-state index in [9.17, 15) is 14.0 Å². The molecule has 7 heteroatoms. The third kappa shape index (κ3) is 10.8. The molecule has 0 heterocycles. The molecule has 0 saturated carbocycles. The van der Waals surface area contributed by atoms with E-state index in [-0.39, 0.29) is 5.82 Å². The first-order valence-corrected chi connectivity index (χ1v) is 6.91. The van der Waals surface area contributed by atoms with Crippen molar-refractivity contribution in [2.75, 3.05) is 6.54 Å². The van der Waals surface area contributed by atoms with Crippen molar-refractivity contribution in [2.45, 2.75) is 33.3 Å². The zero-order valence-corrected chi connectivity index (χ0v) is 14.0. The lowest BCUT2D eigenvalue weighted by molar-refractivity contribution is -0.136. The molecule has 118 valence electrons. The van der Waals surface area contributed by atoms with E-state index >= 15 is 0 Å². The molecule has 0 bridgehead atoms. The van der Waals surface area contributed by atoms with Crippen molar-refractivity contribution in [3.05, 3.63) is 34.1 Å². The lowest BCUT2D eigenvalue weighted by Crippen LogP contribution is -2.35. The molecule has 0 spiro atoms. The Kier molecular flexibility index (Phi) is 7.94. The monoisotopic (exact) mass is 363 g/mol. The van der Waals surface area contributed by atoms with Crippen molar-refractivity contribution in [3.63, 3.8) is 0 Å². The number of amides is 1. The molecule has 0 unspecified atom stereocenters. The second-order valence-electron chi connectivity index (χ2n) is 5.17. The van der Waals surface area contributed by atoms with Crippen molar-refractivity contribution in [2.24, 2.45) is 0 Å². The van der Waals surface area contributed by atoms with Crippen LogP contribution in [0.5, 0.6) is 0 Å². The third-order valence-corrected chi connectivity index (χ3v) is 2.50. The van der Waals surface area contributed by atoms with Crippen LogP contribution in [0.1, 0.15) is 26.3 Å². The number of carboxylic acids is 1. The van der Waals surface area contributed by atoms with Gasteiger partial charge in [-0.3, -0.25) is 4.79 Å². The molecule has 0 aliphatic heterocycles. The summed E-state index contributed by atoms with van der Waals surface area (Å²) in [6.45, 7) is 6.54. The fourth-order valence-electron chi connectivity index (χ4n) is 1.06. The maximum Gasteiger partial charge on any atom is 0.408 e. The van der Waals surface area contributed by atoms with Crippen LogP contribution in [0, 0.1) is 12.7 Å². The summed E-state index contributed by atoms with van der Waals surface area (Å²) in [5.41, 5.74) is 0.346. The van der Waals surface area contributed by atoms with Gasteiger partial charge >= 0.3 is 12.1 Å². The third-order valence-electron chi connectivity index (χ3n) is 1.86. The molecule has 0 aliphatic carbocycles. The standard InChI is InChI=1S/C7H6BrF.C7H13NO4/c1-5-2-3-6(8)7(9)4-5;1-7(2,3)12-6(11)8-4-5(9)10/h2-4H,1H3;4H2,1-3H3,(H,8,11)(H,9,10). The minimum absolute atomic E-state index is 0.199. The van der Waals surface area contributed by atoms with Gasteiger partial charge in [0.15, 0.2) is 0 Å². The predicted octanol–water partition coefficient (Wildman–Crippen LogP) is 3.49. The highest BCUT2D eigenvalue weighted by Gasteiger charge is 2.16. The lowest BCUT2D eigenvalue weighted by atomic mass is 10.2. The molecule has 5 nitrogen and oxygen atoms in total. The summed E-state index contributed by atoms with van der Waals surface area (Å²) < 4.78 is 17.8. The summed E-state index contributed by atoms with van der Waals surface area (Å²) in [6.07, 6.45) is -0.718. The molecule has 1 aromatic rings. The van der Waals surface area contributed by atoms with E-state index in [1.54, 1.807) is 26.8 Å². The van der Waals surface area contributed by atoms with E-state index in [0.29, 0.717) is 4.47 Å². The molecule has 0 aromatic heterocycles. The summed E-state index contributed by atoms with van der Waals surface area (Å²) in [5.74, 6) is -1.30. The average molecular weight is 364 g/mol. The number of aryl methyl sites for hydroxylation is 1. The molecule has 0 atom stereocenters. The number of aliphatic carboxylic acids is 1. The molecular weight excluding hydrogens is 345 g/mol. The van der Waals surface area contributed by atoms with Gasteiger partial charge in [-0.2, -0.15) is 0 Å². The molecular formula is C14H19BrFNO4. The molecule has 21 heavy (non-hydrogen) atoms. The first kappa shape index (κ1) is 19.4. The van der Waals surface area contributed by atoms with Gasteiger partial charge in [-0.05, 0) is 61.3 Å². The van der Waals surface area contributed by atoms with Crippen LogP contribution in [0.3, 0.4) is 0 Å². The largest absolute Gasteiger partial charge is 0.480 e. The van der Waals surface area contributed by atoms with E-state index in [4.69, 9.17) is 9.84 Å². The normalized spacial score (nSPS) is 10.2. The average Bonchev–Trinajstić information content (AvgIpc) is 2.30. The van der Waals surface area contributed by atoms with E-state index in [1.807, 2.05) is 13.0 Å². The van der Waals surface area contributed by atoms with Crippen LogP contribution in [0.2, 0.25) is 0 Å². The Bertz CT molecular complexity index is 500.